The third-order valence-corrected chi connectivity index (χ3v) is 6.65. The SMILES string of the molecule is C[C@@H](OC(=O)c1cccc(S(=O)(=O)N2CCN(c3ccccc3)CC2)c1)C(N)=O. The van der Waals surface area contributed by atoms with Gasteiger partial charge in [-0.1, -0.05) is 24.3 Å². The molecule has 3 rings (SSSR count). The number of benzene rings is 2. The Morgan fingerprint density at radius 2 is 1.66 bits per heavy atom. The molecule has 8 nitrogen and oxygen atoms in total. The van der Waals surface area contributed by atoms with Crippen LogP contribution in [-0.4, -0.2) is 56.9 Å². The van der Waals surface area contributed by atoms with E-state index in [9.17, 15) is 18.0 Å². The van der Waals surface area contributed by atoms with Crippen molar-refractivity contribution < 1.29 is 22.7 Å². The lowest BCUT2D eigenvalue weighted by molar-refractivity contribution is -0.125. The zero-order valence-corrected chi connectivity index (χ0v) is 16.8. The molecule has 154 valence electrons. The second kappa shape index (κ2) is 8.62. The van der Waals surface area contributed by atoms with Crippen LogP contribution in [0.25, 0.3) is 0 Å². The van der Waals surface area contributed by atoms with E-state index >= 15 is 0 Å². The number of piperazine rings is 1. The van der Waals surface area contributed by atoms with Crippen molar-refractivity contribution in [2.75, 3.05) is 31.1 Å². The summed E-state index contributed by atoms with van der Waals surface area (Å²) in [4.78, 5) is 25.4. The minimum Gasteiger partial charge on any atom is -0.449 e. The summed E-state index contributed by atoms with van der Waals surface area (Å²) in [6.45, 7) is 3.17. The standard InChI is InChI=1S/C20H23N3O5S/c1-15(19(21)24)28-20(25)16-6-5-9-18(14-16)29(26,27)23-12-10-22(11-13-23)17-7-3-2-4-8-17/h2-9,14-15H,10-13H2,1H3,(H2,21,24)/t15-/m1/s1. The molecule has 1 aliphatic rings. The lowest BCUT2D eigenvalue weighted by Gasteiger charge is -2.35. The molecule has 0 spiro atoms. The summed E-state index contributed by atoms with van der Waals surface area (Å²) in [7, 11) is -3.76. The molecule has 1 fully saturated rings. The third-order valence-electron chi connectivity index (χ3n) is 4.75. The predicted octanol–water partition coefficient (Wildman–Crippen LogP) is 1.23. The average molecular weight is 417 g/mol. The molecule has 1 saturated heterocycles. The lowest BCUT2D eigenvalue weighted by Crippen LogP contribution is -2.48. The smallest absolute Gasteiger partial charge is 0.338 e. The zero-order valence-electron chi connectivity index (χ0n) is 16.0. The van der Waals surface area contributed by atoms with E-state index in [4.69, 9.17) is 10.5 Å². The number of sulfonamides is 1. The Morgan fingerprint density at radius 3 is 2.28 bits per heavy atom. The fraction of sp³-hybridized carbons (Fsp3) is 0.300. The van der Waals surface area contributed by atoms with Gasteiger partial charge in [0.05, 0.1) is 10.5 Å². The summed E-state index contributed by atoms with van der Waals surface area (Å²) in [5.74, 6) is -1.58. The molecule has 2 aromatic carbocycles. The first-order valence-electron chi connectivity index (χ1n) is 9.19. The molecule has 0 bridgehead atoms. The molecule has 1 atom stereocenters. The zero-order chi connectivity index (χ0) is 21.0. The molecule has 0 saturated carbocycles. The number of esters is 1. The minimum absolute atomic E-state index is 0.00633. The predicted molar refractivity (Wildman–Crippen MR) is 108 cm³/mol. The molecule has 0 radical (unpaired) electrons. The molecule has 0 aliphatic carbocycles. The van der Waals surface area contributed by atoms with E-state index in [2.05, 4.69) is 4.90 Å². The Balaban J connectivity index is 1.72. The number of amides is 1. The number of carbonyl (C=O) groups is 2. The first-order valence-corrected chi connectivity index (χ1v) is 10.6. The first-order chi connectivity index (χ1) is 13.8. The second-order valence-corrected chi connectivity index (χ2v) is 8.64. The van der Waals surface area contributed by atoms with E-state index in [0.717, 1.165) is 5.69 Å². The van der Waals surface area contributed by atoms with Crippen LogP contribution in [0.1, 0.15) is 17.3 Å². The van der Waals surface area contributed by atoms with Crippen molar-refractivity contribution in [3.63, 3.8) is 0 Å². The number of nitrogens with zero attached hydrogens (tertiary/aromatic N) is 2. The Hall–Kier alpha value is -2.91. The maximum atomic E-state index is 13.0. The van der Waals surface area contributed by atoms with E-state index in [1.54, 1.807) is 0 Å². The molecule has 1 heterocycles. The van der Waals surface area contributed by atoms with Gasteiger partial charge in [0.2, 0.25) is 10.0 Å². The van der Waals surface area contributed by atoms with Crippen molar-refractivity contribution >= 4 is 27.6 Å². The number of carbonyl (C=O) groups excluding carboxylic acids is 2. The maximum absolute atomic E-state index is 13.0. The summed E-state index contributed by atoms with van der Waals surface area (Å²) in [5, 5.41) is 0. The Morgan fingerprint density at radius 1 is 1.00 bits per heavy atom. The molecular weight excluding hydrogens is 394 g/mol. The highest BCUT2D eigenvalue weighted by Gasteiger charge is 2.29. The van der Waals surface area contributed by atoms with Gasteiger partial charge in [0.15, 0.2) is 6.10 Å². The number of hydrogen-bond donors (Lipinski definition) is 1. The van der Waals surface area contributed by atoms with Crippen molar-refractivity contribution in [1.82, 2.24) is 4.31 Å². The maximum Gasteiger partial charge on any atom is 0.338 e. The van der Waals surface area contributed by atoms with E-state index in [-0.39, 0.29) is 10.5 Å². The van der Waals surface area contributed by atoms with E-state index < -0.39 is 28.0 Å². The molecule has 2 N–H and O–H groups in total. The van der Waals surface area contributed by atoms with Gasteiger partial charge in [-0.25, -0.2) is 13.2 Å². The van der Waals surface area contributed by atoms with Gasteiger partial charge in [-0.15, -0.1) is 0 Å². The van der Waals surface area contributed by atoms with Gasteiger partial charge in [-0.3, -0.25) is 4.79 Å². The molecule has 9 heteroatoms. The van der Waals surface area contributed by atoms with Crippen molar-refractivity contribution in [3.8, 4) is 0 Å². The van der Waals surface area contributed by atoms with Gasteiger partial charge in [0, 0.05) is 31.9 Å². The Labute approximate surface area is 169 Å². The molecule has 1 aliphatic heterocycles. The van der Waals surface area contributed by atoms with Gasteiger partial charge in [-0.2, -0.15) is 4.31 Å². The van der Waals surface area contributed by atoms with Crippen molar-refractivity contribution in [1.29, 1.82) is 0 Å². The van der Waals surface area contributed by atoms with Gasteiger partial charge in [-0.05, 0) is 37.3 Å². The second-order valence-electron chi connectivity index (χ2n) is 6.70. The van der Waals surface area contributed by atoms with Crippen LogP contribution in [0.15, 0.2) is 59.5 Å². The largest absolute Gasteiger partial charge is 0.449 e. The summed E-state index contributed by atoms with van der Waals surface area (Å²) in [6.07, 6.45) is -1.10. The molecule has 0 aromatic heterocycles. The Kier molecular flexibility index (Phi) is 6.19. The number of primary amides is 1. The molecular formula is C20H23N3O5S. The van der Waals surface area contributed by atoms with Crippen LogP contribution in [0.4, 0.5) is 5.69 Å². The topological polar surface area (TPSA) is 110 Å². The summed E-state index contributed by atoms with van der Waals surface area (Å²) in [6, 6.07) is 15.4. The summed E-state index contributed by atoms with van der Waals surface area (Å²) in [5.41, 5.74) is 6.19. The highest BCUT2D eigenvalue weighted by Crippen LogP contribution is 2.22. The van der Waals surface area contributed by atoms with Gasteiger partial charge in [0.1, 0.15) is 0 Å². The average Bonchev–Trinajstić information content (AvgIpc) is 2.74. The third kappa shape index (κ3) is 4.75. The van der Waals surface area contributed by atoms with Crippen LogP contribution in [-0.2, 0) is 19.6 Å². The lowest BCUT2D eigenvalue weighted by atomic mass is 10.2. The van der Waals surface area contributed by atoms with Crippen molar-refractivity contribution in [2.45, 2.75) is 17.9 Å². The summed E-state index contributed by atoms with van der Waals surface area (Å²) >= 11 is 0. The van der Waals surface area contributed by atoms with Crippen molar-refractivity contribution in [2.24, 2.45) is 5.73 Å². The van der Waals surface area contributed by atoms with E-state index in [1.807, 2.05) is 30.3 Å². The molecule has 0 unspecified atom stereocenters. The quantitative estimate of drug-likeness (QED) is 0.708. The number of rotatable bonds is 6. The minimum atomic E-state index is -3.76. The number of ether oxygens (including phenoxy) is 1. The number of nitrogens with two attached hydrogens (primary N) is 1. The normalized spacial score (nSPS) is 16.2. The van der Waals surface area contributed by atoms with Gasteiger partial charge in [0.25, 0.3) is 5.91 Å². The number of anilines is 1. The number of para-hydroxylation sites is 1. The first kappa shape index (κ1) is 20.8. The van der Waals surface area contributed by atoms with Crippen LogP contribution in [0.5, 0.6) is 0 Å². The van der Waals surface area contributed by atoms with E-state index in [0.29, 0.717) is 26.2 Å². The highest BCUT2D eigenvalue weighted by molar-refractivity contribution is 7.89. The fourth-order valence-corrected chi connectivity index (χ4v) is 4.51. The van der Waals surface area contributed by atoms with Crippen LogP contribution in [0, 0.1) is 0 Å². The molecule has 2 aromatic rings. The van der Waals surface area contributed by atoms with Crippen LogP contribution < -0.4 is 10.6 Å². The van der Waals surface area contributed by atoms with Crippen LogP contribution >= 0.6 is 0 Å². The van der Waals surface area contributed by atoms with Crippen LogP contribution in [0.3, 0.4) is 0 Å². The van der Waals surface area contributed by atoms with Crippen molar-refractivity contribution in [3.05, 3.63) is 60.2 Å². The van der Waals surface area contributed by atoms with Gasteiger partial charge >= 0.3 is 5.97 Å². The summed E-state index contributed by atoms with van der Waals surface area (Å²) < 4.78 is 32.4. The fourth-order valence-electron chi connectivity index (χ4n) is 3.04. The Bertz CT molecular complexity index is 986. The number of hydrogen-bond acceptors (Lipinski definition) is 6. The van der Waals surface area contributed by atoms with Gasteiger partial charge < -0.3 is 15.4 Å². The molecule has 1 amide bonds. The van der Waals surface area contributed by atoms with Crippen LogP contribution in [0.2, 0.25) is 0 Å². The van der Waals surface area contributed by atoms with E-state index in [1.165, 1.54) is 35.5 Å². The molecule has 29 heavy (non-hydrogen) atoms. The monoisotopic (exact) mass is 417 g/mol. The highest BCUT2D eigenvalue weighted by atomic mass is 32.2.